The maximum Gasteiger partial charge on any atom is 0.243 e. The second-order valence-electron chi connectivity index (χ2n) is 2.35. The van der Waals surface area contributed by atoms with Crippen LogP contribution in [0.2, 0.25) is 0 Å². The van der Waals surface area contributed by atoms with Crippen LogP contribution < -0.4 is 5.32 Å². The molecule has 0 aromatic rings. The minimum Gasteiger partial charge on any atom is -0.353 e. The van der Waals surface area contributed by atoms with E-state index in [0.29, 0.717) is 6.54 Å². The summed E-state index contributed by atoms with van der Waals surface area (Å²) >= 11 is 0. The van der Waals surface area contributed by atoms with Gasteiger partial charge in [0.25, 0.3) is 0 Å². The summed E-state index contributed by atoms with van der Waals surface area (Å²) in [5, 5.41) is 2.68. The number of hydrogen-bond donors (Lipinski definition) is 1. The molecule has 0 aromatic carbocycles. The molecule has 1 N–H and O–H groups in total. The number of carbonyl (C=O) groups excluding carboxylic acids is 1. The Morgan fingerprint density at radius 1 is 1.67 bits per heavy atom. The van der Waals surface area contributed by atoms with Crippen molar-refractivity contribution >= 4 is 12.1 Å². The Kier molecular flexibility index (Phi) is 7.24. The minimum absolute atomic E-state index is 0.116. The molecule has 12 heavy (non-hydrogen) atoms. The van der Waals surface area contributed by atoms with E-state index in [0.717, 1.165) is 19.4 Å². The van der Waals surface area contributed by atoms with E-state index in [9.17, 15) is 4.79 Å². The van der Waals surface area contributed by atoms with E-state index >= 15 is 0 Å². The number of aliphatic imine (C=N–C) groups is 1. The Labute approximate surface area is 73.6 Å². The largest absolute Gasteiger partial charge is 0.353 e. The number of nitrogens with zero attached hydrogens (tertiary/aromatic N) is 1. The van der Waals surface area contributed by atoms with Crippen molar-refractivity contribution in [1.82, 2.24) is 5.32 Å². The third kappa shape index (κ3) is 6.99. The zero-order valence-corrected chi connectivity index (χ0v) is 7.55. The first-order valence-corrected chi connectivity index (χ1v) is 4.19. The highest BCUT2D eigenvalue weighted by atomic mass is 16.1. The van der Waals surface area contributed by atoms with Gasteiger partial charge in [-0.1, -0.05) is 13.5 Å². The molecule has 0 spiro atoms. The van der Waals surface area contributed by atoms with Crippen LogP contribution in [0.4, 0.5) is 0 Å². The highest BCUT2D eigenvalue weighted by molar-refractivity contribution is 5.86. The highest BCUT2D eigenvalue weighted by Crippen LogP contribution is 1.79. The number of amides is 1. The monoisotopic (exact) mass is 168 g/mol. The lowest BCUT2D eigenvalue weighted by Gasteiger charge is -1.98. The molecule has 3 heteroatoms. The van der Waals surface area contributed by atoms with Crippen LogP contribution in [0.25, 0.3) is 0 Å². The van der Waals surface area contributed by atoms with Gasteiger partial charge in [0.2, 0.25) is 5.91 Å². The number of hydrogen-bond acceptors (Lipinski definition) is 2. The van der Waals surface area contributed by atoms with Crippen molar-refractivity contribution in [3.05, 3.63) is 12.7 Å². The van der Waals surface area contributed by atoms with Crippen LogP contribution in [-0.2, 0) is 4.79 Å². The molecule has 1 amide bonds. The van der Waals surface area contributed by atoms with Gasteiger partial charge in [0.15, 0.2) is 0 Å². The first-order chi connectivity index (χ1) is 5.81. The van der Waals surface area contributed by atoms with E-state index in [1.165, 1.54) is 6.08 Å². The third-order valence-electron chi connectivity index (χ3n) is 1.26. The molecule has 0 aliphatic carbocycles. The summed E-state index contributed by atoms with van der Waals surface area (Å²) in [6.45, 7) is 6.85. The molecule has 0 radical (unpaired) electrons. The number of carbonyl (C=O) groups is 1. The van der Waals surface area contributed by atoms with Crippen molar-refractivity contribution in [2.45, 2.75) is 19.8 Å². The van der Waals surface area contributed by atoms with E-state index in [1.807, 2.05) is 13.1 Å². The fourth-order valence-electron chi connectivity index (χ4n) is 0.674. The Hall–Kier alpha value is -1.12. The molecule has 0 aliphatic rings. The topological polar surface area (TPSA) is 41.5 Å². The quantitative estimate of drug-likeness (QED) is 0.361. The first-order valence-electron chi connectivity index (χ1n) is 4.19. The Balaban J connectivity index is 3.16. The van der Waals surface area contributed by atoms with Crippen molar-refractivity contribution in [2.24, 2.45) is 4.99 Å². The molecular formula is C9H16N2O. The van der Waals surface area contributed by atoms with Crippen molar-refractivity contribution in [3.63, 3.8) is 0 Å². The van der Waals surface area contributed by atoms with E-state index in [4.69, 9.17) is 0 Å². The predicted octanol–water partition coefficient (Wildman–Crippen LogP) is 1.16. The summed E-state index contributed by atoms with van der Waals surface area (Å²) in [5.41, 5.74) is 0. The molecule has 0 saturated carbocycles. The normalized spacial score (nSPS) is 10.1. The SMILES string of the molecule is C=CC(=O)NCCC/N=C/CC. The molecule has 0 atom stereocenters. The van der Waals surface area contributed by atoms with Crippen LogP contribution in [0, 0.1) is 0 Å². The van der Waals surface area contributed by atoms with Crippen molar-refractivity contribution in [3.8, 4) is 0 Å². The molecule has 3 nitrogen and oxygen atoms in total. The molecular weight excluding hydrogens is 152 g/mol. The lowest BCUT2D eigenvalue weighted by Crippen LogP contribution is -2.22. The second kappa shape index (κ2) is 7.98. The van der Waals surface area contributed by atoms with Gasteiger partial charge in [-0.25, -0.2) is 0 Å². The molecule has 0 rings (SSSR count). The highest BCUT2D eigenvalue weighted by Gasteiger charge is 1.90. The summed E-state index contributed by atoms with van der Waals surface area (Å²) in [7, 11) is 0. The number of rotatable bonds is 6. The molecule has 0 aromatic heterocycles. The Morgan fingerprint density at radius 2 is 2.42 bits per heavy atom. The average Bonchev–Trinajstić information content (AvgIpc) is 2.10. The van der Waals surface area contributed by atoms with E-state index < -0.39 is 0 Å². The van der Waals surface area contributed by atoms with Crippen LogP contribution in [-0.4, -0.2) is 25.2 Å². The maximum atomic E-state index is 10.6. The van der Waals surface area contributed by atoms with Crippen molar-refractivity contribution in [1.29, 1.82) is 0 Å². The maximum absolute atomic E-state index is 10.6. The lowest BCUT2D eigenvalue weighted by molar-refractivity contribution is -0.116. The molecule has 0 saturated heterocycles. The second-order valence-corrected chi connectivity index (χ2v) is 2.35. The minimum atomic E-state index is -0.116. The zero-order valence-electron chi connectivity index (χ0n) is 7.55. The lowest BCUT2D eigenvalue weighted by atomic mass is 10.4. The zero-order chi connectivity index (χ0) is 9.23. The summed E-state index contributed by atoms with van der Waals surface area (Å²) in [5.74, 6) is -0.116. The summed E-state index contributed by atoms with van der Waals surface area (Å²) in [6.07, 6.45) is 5.01. The molecule has 0 heterocycles. The Bertz CT molecular complexity index is 164. The van der Waals surface area contributed by atoms with Crippen LogP contribution in [0.3, 0.4) is 0 Å². The molecule has 0 bridgehead atoms. The predicted molar refractivity (Wildman–Crippen MR) is 51.5 cm³/mol. The standard InChI is InChI=1S/C9H16N2O/c1-3-6-10-7-5-8-11-9(12)4-2/h4,6H,2-3,5,7-8H2,1H3,(H,11,12)/b10-6+. The average molecular weight is 168 g/mol. The van der Waals surface area contributed by atoms with Crippen LogP contribution >= 0.6 is 0 Å². The van der Waals surface area contributed by atoms with Crippen molar-refractivity contribution in [2.75, 3.05) is 13.1 Å². The fourth-order valence-corrected chi connectivity index (χ4v) is 0.674. The molecule has 0 fully saturated rings. The van der Waals surface area contributed by atoms with Gasteiger partial charge in [0.05, 0.1) is 0 Å². The third-order valence-corrected chi connectivity index (χ3v) is 1.26. The van der Waals surface area contributed by atoms with Gasteiger partial charge < -0.3 is 5.32 Å². The summed E-state index contributed by atoms with van der Waals surface area (Å²) in [6, 6.07) is 0. The van der Waals surface area contributed by atoms with E-state index in [-0.39, 0.29) is 5.91 Å². The number of nitrogens with one attached hydrogen (secondary N) is 1. The van der Waals surface area contributed by atoms with Gasteiger partial charge in [0, 0.05) is 13.1 Å². The van der Waals surface area contributed by atoms with Crippen LogP contribution in [0.15, 0.2) is 17.6 Å². The summed E-state index contributed by atoms with van der Waals surface area (Å²) < 4.78 is 0. The van der Waals surface area contributed by atoms with Gasteiger partial charge in [-0.2, -0.15) is 0 Å². The van der Waals surface area contributed by atoms with Gasteiger partial charge in [-0.15, -0.1) is 0 Å². The van der Waals surface area contributed by atoms with Crippen LogP contribution in [0.1, 0.15) is 19.8 Å². The van der Waals surface area contributed by atoms with Gasteiger partial charge in [-0.3, -0.25) is 9.79 Å². The van der Waals surface area contributed by atoms with Gasteiger partial charge >= 0.3 is 0 Å². The summed E-state index contributed by atoms with van der Waals surface area (Å²) in [4.78, 5) is 14.7. The molecule has 68 valence electrons. The van der Waals surface area contributed by atoms with Crippen LogP contribution in [0.5, 0.6) is 0 Å². The Morgan fingerprint density at radius 3 is 3.00 bits per heavy atom. The van der Waals surface area contributed by atoms with Gasteiger partial charge in [0.1, 0.15) is 0 Å². The first kappa shape index (κ1) is 10.9. The van der Waals surface area contributed by atoms with Gasteiger partial charge in [-0.05, 0) is 25.1 Å². The molecule has 0 unspecified atom stereocenters. The van der Waals surface area contributed by atoms with E-state index in [2.05, 4.69) is 16.9 Å². The van der Waals surface area contributed by atoms with E-state index in [1.54, 1.807) is 0 Å². The molecule has 0 aliphatic heterocycles. The smallest absolute Gasteiger partial charge is 0.243 e. The fraction of sp³-hybridized carbons (Fsp3) is 0.556. The van der Waals surface area contributed by atoms with Crippen molar-refractivity contribution < 1.29 is 4.79 Å².